The highest BCUT2D eigenvalue weighted by Gasteiger charge is 2.16. The van der Waals surface area contributed by atoms with Gasteiger partial charge in [0.25, 0.3) is 0 Å². The Balaban J connectivity index is 2.69. The van der Waals surface area contributed by atoms with Gasteiger partial charge in [-0.25, -0.2) is 9.07 Å². The van der Waals surface area contributed by atoms with Crippen LogP contribution in [0.15, 0.2) is 18.2 Å². The molecule has 0 saturated heterocycles. The fraction of sp³-hybridized carbons (Fsp3) is 0.250. The fourth-order valence-corrected chi connectivity index (χ4v) is 2.12. The number of hydrogen-bond donors (Lipinski definition) is 1. The summed E-state index contributed by atoms with van der Waals surface area (Å²) < 4.78 is 15.3. The van der Waals surface area contributed by atoms with Crippen LogP contribution in [0.5, 0.6) is 0 Å². The minimum Gasteiger partial charge on any atom is -0.326 e. The van der Waals surface area contributed by atoms with Crippen LogP contribution in [0.2, 0.25) is 5.02 Å². The van der Waals surface area contributed by atoms with E-state index in [4.69, 9.17) is 17.3 Å². The van der Waals surface area contributed by atoms with Crippen LogP contribution in [0.1, 0.15) is 17.0 Å². The van der Waals surface area contributed by atoms with Crippen molar-refractivity contribution < 1.29 is 4.39 Å². The highest BCUT2D eigenvalue weighted by molar-refractivity contribution is 6.32. The van der Waals surface area contributed by atoms with E-state index in [1.165, 1.54) is 10.7 Å². The van der Waals surface area contributed by atoms with Crippen LogP contribution >= 0.6 is 11.6 Å². The number of aryl methyl sites for hydroxylation is 1. The van der Waals surface area contributed by atoms with E-state index in [2.05, 4.69) is 5.10 Å². The number of hydrogen-bond acceptors (Lipinski definition) is 2. The molecule has 0 aliphatic heterocycles. The van der Waals surface area contributed by atoms with E-state index in [0.717, 1.165) is 17.0 Å². The van der Waals surface area contributed by atoms with Crippen molar-refractivity contribution in [2.75, 3.05) is 0 Å². The third-order valence-corrected chi connectivity index (χ3v) is 3.10. The summed E-state index contributed by atoms with van der Waals surface area (Å²) in [7, 11) is 0. The number of nitrogens with two attached hydrogens (primary N) is 1. The zero-order valence-corrected chi connectivity index (χ0v) is 10.4. The molecule has 0 amide bonds. The van der Waals surface area contributed by atoms with Crippen molar-refractivity contribution in [2.45, 2.75) is 20.4 Å². The van der Waals surface area contributed by atoms with Crippen molar-refractivity contribution in [3.8, 4) is 5.69 Å². The van der Waals surface area contributed by atoms with E-state index in [0.29, 0.717) is 11.6 Å². The Morgan fingerprint density at radius 1 is 1.41 bits per heavy atom. The van der Waals surface area contributed by atoms with Crippen LogP contribution in [0.3, 0.4) is 0 Å². The Hall–Kier alpha value is -1.39. The first-order chi connectivity index (χ1) is 8.06. The molecule has 2 N–H and O–H groups in total. The summed E-state index contributed by atoms with van der Waals surface area (Å²) in [5.74, 6) is -0.397. The Bertz CT molecular complexity index is 543. The van der Waals surface area contributed by atoms with E-state index in [1.54, 1.807) is 12.1 Å². The molecule has 0 saturated carbocycles. The van der Waals surface area contributed by atoms with E-state index < -0.39 is 5.82 Å². The van der Waals surface area contributed by atoms with Gasteiger partial charge in [0.1, 0.15) is 11.5 Å². The van der Waals surface area contributed by atoms with Crippen LogP contribution in [0.25, 0.3) is 5.69 Å². The van der Waals surface area contributed by atoms with Crippen molar-refractivity contribution >= 4 is 11.6 Å². The maximum Gasteiger partial charge on any atom is 0.150 e. The van der Waals surface area contributed by atoms with Gasteiger partial charge in [-0.2, -0.15) is 5.10 Å². The molecular weight excluding hydrogens is 241 g/mol. The molecular formula is C12H13ClFN3. The number of rotatable bonds is 2. The molecule has 0 radical (unpaired) electrons. The molecule has 1 heterocycles. The van der Waals surface area contributed by atoms with Crippen LogP contribution in [-0.4, -0.2) is 9.78 Å². The molecule has 0 aliphatic carbocycles. The van der Waals surface area contributed by atoms with Crippen molar-refractivity contribution in [3.63, 3.8) is 0 Å². The van der Waals surface area contributed by atoms with Crippen LogP contribution in [-0.2, 0) is 6.54 Å². The summed E-state index contributed by atoms with van der Waals surface area (Å²) >= 11 is 6.01. The number of para-hydroxylation sites is 1. The van der Waals surface area contributed by atoms with E-state index >= 15 is 0 Å². The number of aromatic nitrogens is 2. The molecule has 0 fully saturated rings. The molecule has 2 rings (SSSR count). The van der Waals surface area contributed by atoms with Gasteiger partial charge in [0, 0.05) is 17.8 Å². The normalized spacial score (nSPS) is 10.9. The third kappa shape index (κ3) is 1.94. The number of halogens is 2. The van der Waals surface area contributed by atoms with E-state index in [-0.39, 0.29) is 5.69 Å². The molecule has 0 atom stereocenters. The monoisotopic (exact) mass is 253 g/mol. The summed E-state index contributed by atoms with van der Waals surface area (Å²) in [6.45, 7) is 4.08. The summed E-state index contributed by atoms with van der Waals surface area (Å²) in [4.78, 5) is 0. The van der Waals surface area contributed by atoms with Crippen molar-refractivity contribution in [1.29, 1.82) is 0 Å². The molecule has 0 spiro atoms. The molecule has 90 valence electrons. The molecule has 0 bridgehead atoms. The van der Waals surface area contributed by atoms with Crippen LogP contribution in [0, 0.1) is 19.7 Å². The maximum absolute atomic E-state index is 13.8. The van der Waals surface area contributed by atoms with Crippen molar-refractivity contribution in [2.24, 2.45) is 5.73 Å². The van der Waals surface area contributed by atoms with Crippen LogP contribution in [0.4, 0.5) is 4.39 Å². The van der Waals surface area contributed by atoms with Crippen LogP contribution < -0.4 is 5.73 Å². The molecule has 1 aromatic carbocycles. The Labute approximate surface area is 104 Å². The standard InChI is InChI=1S/C12H13ClFN3/c1-7-9(6-15)8(2)17(16-7)12-10(13)4-3-5-11(12)14/h3-5H,6,15H2,1-2H3. The molecule has 0 aliphatic rings. The second-order valence-corrected chi connectivity index (χ2v) is 4.24. The first kappa shape index (κ1) is 12.1. The van der Waals surface area contributed by atoms with E-state index in [9.17, 15) is 4.39 Å². The van der Waals surface area contributed by atoms with Gasteiger partial charge in [-0.15, -0.1) is 0 Å². The van der Waals surface area contributed by atoms with Gasteiger partial charge in [0.05, 0.1) is 10.7 Å². The lowest BCUT2D eigenvalue weighted by Crippen LogP contribution is -2.04. The van der Waals surface area contributed by atoms with Gasteiger partial charge in [0.2, 0.25) is 0 Å². The van der Waals surface area contributed by atoms with Gasteiger partial charge in [-0.1, -0.05) is 17.7 Å². The summed E-state index contributed by atoms with van der Waals surface area (Å²) in [5.41, 5.74) is 8.44. The average molecular weight is 254 g/mol. The molecule has 2 aromatic rings. The maximum atomic E-state index is 13.8. The molecule has 5 heteroatoms. The quantitative estimate of drug-likeness (QED) is 0.894. The smallest absolute Gasteiger partial charge is 0.150 e. The summed E-state index contributed by atoms with van der Waals surface area (Å²) in [6.07, 6.45) is 0. The lowest BCUT2D eigenvalue weighted by Gasteiger charge is -2.08. The first-order valence-electron chi connectivity index (χ1n) is 5.25. The molecule has 17 heavy (non-hydrogen) atoms. The highest BCUT2D eigenvalue weighted by atomic mass is 35.5. The van der Waals surface area contributed by atoms with Gasteiger partial charge >= 0.3 is 0 Å². The number of benzene rings is 1. The second-order valence-electron chi connectivity index (χ2n) is 3.84. The Morgan fingerprint density at radius 3 is 2.65 bits per heavy atom. The zero-order chi connectivity index (χ0) is 12.6. The fourth-order valence-electron chi connectivity index (χ4n) is 1.88. The molecule has 3 nitrogen and oxygen atoms in total. The van der Waals surface area contributed by atoms with Crippen molar-refractivity contribution in [3.05, 3.63) is 46.0 Å². The Kier molecular flexibility index (Phi) is 3.17. The second kappa shape index (κ2) is 4.47. The largest absolute Gasteiger partial charge is 0.326 e. The SMILES string of the molecule is Cc1nn(-c2c(F)cccc2Cl)c(C)c1CN. The van der Waals surface area contributed by atoms with Gasteiger partial charge in [-0.05, 0) is 26.0 Å². The minimum absolute atomic E-state index is 0.273. The molecule has 0 unspecified atom stereocenters. The lowest BCUT2D eigenvalue weighted by atomic mass is 10.2. The van der Waals surface area contributed by atoms with Gasteiger partial charge in [0.15, 0.2) is 0 Å². The summed E-state index contributed by atoms with van der Waals surface area (Å²) in [5, 5.41) is 4.62. The highest BCUT2D eigenvalue weighted by Crippen LogP contribution is 2.26. The first-order valence-corrected chi connectivity index (χ1v) is 5.63. The van der Waals surface area contributed by atoms with Crippen molar-refractivity contribution in [1.82, 2.24) is 9.78 Å². The average Bonchev–Trinajstić information content (AvgIpc) is 2.54. The Morgan fingerprint density at radius 2 is 2.12 bits per heavy atom. The number of nitrogens with zero attached hydrogens (tertiary/aromatic N) is 2. The predicted molar refractivity (Wildman–Crippen MR) is 65.9 cm³/mol. The van der Waals surface area contributed by atoms with Gasteiger partial charge < -0.3 is 5.73 Å². The zero-order valence-electron chi connectivity index (χ0n) is 9.67. The predicted octanol–water partition coefficient (Wildman–Crippen LogP) is 2.74. The lowest BCUT2D eigenvalue weighted by molar-refractivity contribution is 0.608. The topological polar surface area (TPSA) is 43.8 Å². The van der Waals surface area contributed by atoms with E-state index in [1.807, 2.05) is 13.8 Å². The summed E-state index contributed by atoms with van der Waals surface area (Å²) in [6, 6.07) is 4.56. The van der Waals surface area contributed by atoms with Gasteiger partial charge in [-0.3, -0.25) is 0 Å². The minimum atomic E-state index is -0.397. The third-order valence-electron chi connectivity index (χ3n) is 2.79. The molecule has 1 aromatic heterocycles.